The number of hydrogen-bond donors (Lipinski definition) is 4. The minimum atomic E-state index is -1.08. The van der Waals surface area contributed by atoms with Gasteiger partial charge in [0.2, 0.25) is 0 Å². The Hall–Kier alpha value is -1.42. The third-order valence-corrected chi connectivity index (χ3v) is 6.04. The van der Waals surface area contributed by atoms with Gasteiger partial charge in [0, 0.05) is 39.9 Å². The summed E-state index contributed by atoms with van der Waals surface area (Å²) in [6, 6.07) is 0. The maximum Gasteiger partial charge on any atom is 0.303 e. The van der Waals surface area contributed by atoms with Crippen LogP contribution in [0.4, 0.5) is 0 Å². The van der Waals surface area contributed by atoms with Crippen LogP contribution < -0.4 is 0 Å². The molecule has 0 saturated carbocycles. The first-order valence-electron chi connectivity index (χ1n) is 11.8. The third-order valence-electron chi connectivity index (χ3n) is 6.04. The second kappa shape index (κ2) is 15.7. The highest BCUT2D eigenvalue weighted by molar-refractivity contribution is 5.66. The van der Waals surface area contributed by atoms with Gasteiger partial charge >= 0.3 is 11.9 Å². The highest BCUT2D eigenvalue weighted by Crippen LogP contribution is 2.29. The van der Waals surface area contributed by atoms with Gasteiger partial charge in [-0.2, -0.15) is 0 Å². The number of esters is 2. The first-order valence-corrected chi connectivity index (χ1v) is 11.8. The van der Waals surface area contributed by atoms with Gasteiger partial charge in [-0.25, -0.2) is 0 Å². The van der Waals surface area contributed by atoms with Crippen LogP contribution in [0.3, 0.4) is 0 Å². The summed E-state index contributed by atoms with van der Waals surface area (Å²) < 4.78 is 36.1. The Morgan fingerprint density at radius 3 is 1.92 bits per heavy atom. The predicted molar refractivity (Wildman–Crippen MR) is 122 cm³/mol. The molecule has 2 aliphatic rings. The van der Waals surface area contributed by atoms with Gasteiger partial charge in [-0.05, 0) is 6.92 Å². The Labute approximate surface area is 211 Å². The number of carbonyl (C=O) groups is 2. The molecular weight excluding hydrogens is 484 g/mol. The lowest BCUT2D eigenvalue weighted by atomic mass is 9.91. The van der Waals surface area contributed by atoms with E-state index in [2.05, 4.69) is 0 Å². The van der Waals surface area contributed by atoms with E-state index in [1.54, 1.807) is 20.8 Å². The summed E-state index contributed by atoms with van der Waals surface area (Å²) >= 11 is 0. The fraction of sp³-hybridized carbons (Fsp3) is 0.913. The van der Waals surface area contributed by atoms with Crippen LogP contribution in [0.15, 0.2) is 0 Å². The lowest BCUT2D eigenvalue weighted by Gasteiger charge is -2.41. The van der Waals surface area contributed by atoms with Crippen LogP contribution in [0.2, 0.25) is 0 Å². The van der Waals surface area contributed by atoms with Gasteiger partial charge in [-0.15, -0.1) is 0 Å². The molecule has 11 unspecified atom stereocenters. The van der Waals surface area contributed by atoms with Crippen molar-refractivity contribution in [1.82, 2.24) is 0 Å². The highest BCUT2D eigenvalue weighted by Gasteiger charge is 2.45. The Balaban J connectivity index is 0.000000369. The van der Waals surface area contributed by atoms with Crippen LogP contribution in [0, 0.1) is 11.8 Å². The molecule has 2 saturated heterocycles. The van der Waals surface area contributed by atoms with E-state index in [1.807, 2.05) is 0 Å². The van der Waals surface area contributed by atoms with Gasteiger partial charge in [0.05, 0.1) is 38.1 Å². The zero-order chi connectivity index (χ0) is 27.6. The van der Waals surface area contributed by atoms with Crippen molar-refractivity contribution in [1.29, 1.82) is 0 Å². The van der Waals surface area contributed by atoms with Crippen molar-refractivity contribution >= 4 is 11.9 Å². The summed E-state index contributed by atoms with van der Waals surface area (Å²) in [5.74, 6) is -1.43. The Kier molecular flexibility index (Phi) is 14.3. The molecule has 0 bridgehead atoms. The minimum Gasteiger partial charge on any atom is -0.460 e. The van der Waals surface area contributed by atoms with E-state index in [4.69, 9.17) is 38.3 Å². The van der Waals surface area contributed by atoms with E-state index in [-0.39, 0.29) is 43.7 Å². The first-order chi connectivity index (χ1) is 16.9. The van der Waals surface area contributed by atoms with Crippen LogP contribution in [0.1, 0.15) is 34.6 Å². The van der Waals surface area contributed by atoms with Crippen molar-refractivity contribution in [3.8, 4) is 0 Å². The molecule has 2 heterocycles. The van der Waals surface area contributed by atoms with E-state index in [0.717, 1.165) is 0 Å². The molecule has 0 aromatic carbocycles. The zero-order valence-corrected chi connectivity index (χ0v) is 21.9. The normalized spacial score (nSPS) is 37.3. The SMILES string of the molecule is COC1OC(CO)C(C)C(OC(C)=O)C1O.COC1OC(COCC(C)OC(C)=O)C(C)C(O)C1O. The van der Waals surface area contributed by atoms with Crippen LogP contribution in [-0.2, 0) is 42.7 Å². The molecule has 2 aliphatic heterocycles. The summed E-state index contributed by atoms with van der Waals surface area (Å²) in [6.07, 6.45) is -6.82. The maximum atomic E-state index is 10.9. The van der Waals surface area contributed by atoms with Crippen molar-refractivity contribution in [3.63, 3.8) is 0 Å². The third kappa shape index (κ3) is 9.47. The number of aliphatic hydroxyl groups excluding tert-OH is 4. The monoisotopic (exact) mass is 526 g/mol. The van der Waals surface area contributed by atoms with Crippen LogP contribution >= 0.6 is 0 Å². The molecule has 2 rings (SSSR count). The Morgan fingerprint density at radius 2 is 1.42 bits per heavy atom. The lowest BCUT2D eigenvalue weighted by molar-refractivity contribution is -0.283. The molecule has 0 aromatic heterocycles. The second-order valence-corrected chi connectivity index (χ2v) is 8.96. The van der Waals surface area contributed by atoms with Crippen molar-refractivity contribution in [2.75, 3.05) is 34.0 Å². The average Bonchev–Trinajstić information content (AvgIpc) is 2.81. The van der Waals surface area contributed by atoms with E-state index < -0.39 is 55.2 Å². The molecule has 0 aliphatic carbocycles. The Bertz CT molecular complexity index is 644. The summed E-state index contributed by atoms with van der Waals surface area (Å²) in [5, 5.41) is 38.6. The highest BCUT2D eigenvalue weighted by atomic mass is 16.7. The second-order valence-electron chi connectivity index (χ2n) is 8.96. The molecule has 13 nitrogen and oxygen atoms in total. The smallest absolute Gasteiger partial charge is 0.303 e. The van der Waals surface area contributed by atoms with Crippen molar-refractivity contribution in [2.24, 2.45) is 11.8 Å². The molecular formula is C23H42O13. The van der Waals surface area contributed by atoms with Gasteiger partial charge < -0.3 is 53.6 Å². The average molecular weight is 527 g/mol. The van der Waals surface area contributed by atoms with Crippen LogP contribution in [0.25, 0.3) is 0 Å². The van der Waals surface area contributed by atoms with E-state index in [1.165, 1.54) is 28.1 Å². The Morgan fingerprint density at radius 1 is 0.861 bits per heavy atom. The molecule has 36 heavy (non-hydrogen) atoms. The minimum absolute atomic E-state index is 0.217. The molecule has 4 N–H and O–H groups in total. The molecule has 2 fully saturated rings. The van der Waals surface area contributed by atoms with Gasteiger partial charge in [-0.3, -0.25) is 9.59 Å². The topological polar surface area (TPSA) is 180 Å². The summed E-state index contributed by atoms with van der Waals surface area (Å²) in [4.78, 5) is 21.7. The van der Waals surface area contributed by atoms with Gasteiger partial charge in [0.15, 0.2) is 12.6 Å². The van der Waals surface area contributed by atoms with Crippen molar-refractivity contribution in [3.05, 3.63) is 0 Å². The van der Waals surface area contributed by atoms with Gasteiger partial charge in [0.25, 0.3) is 0 Å². The summed E-state index contributed by atoms with van der Waals surface area (Å²) in [7, 11) is 2.78. The summed E-state index contributed by atoms with van der Waals surface area (Å²) in [6.45, 7) is 8.08. The van der Waals surface area contributed by atoms with Crippen molar-refractivity contribution in [2.45, 2.75) is 89.9 Å². The largest absolute Gasteiger partial charge is 0.460 e. The van der Waals surface area contributed by atoms with Crippen molar-refractivity contribution < 1.29 is 63.2 Å². The molecule has 0 aromatic rings. The molecule has 13 heteroatoms. The molecule has 212 valence electrons. The fourth-order valence-electron chi connectivity index (χ4n) is 3.95. The molecule has 0 radical (unpaired) electrons. The van der Waals surface area contributed by atoms with Crippen LogP contribution in [-0.4, -0.2) is 122 Å². The lowest BCUT2D eigenvalue weighted by Crippen LogP contribution is -2.56. The fourth-order valence-corrected chi connectivity index (χ4v) is 3.95. The number of rotatable bonds is 9. The number of aliphatic hydroxyl groups is 4. The molecule has 0 amide bonds. The maximum absolute atomic E-state index is 10.9. The van der Waals surface area contributed by atoms with E-state index >= 15 is 0 Å². The summed E-state index contributed by atoms with van der Waals surface area (Å²) in [5.41, 5.74) is 0. The van der Waals surface area contributed by atoms with Gasteiger partial charge in [-0.1, -0.05) is 13.8 Å². The predicted octanol–water partition coefficient (Wildman–Crippen LogP) is -1.04. The van der Waals surface area contributed by atoms with E-state index in [0.29, 0.717) is 0 Å². The number of carbonyl (C=O) groups excluding carboxylic acids is 2. The zero-order valence-electron chi connectivity index (χ0n) is 21.9. The van der Waals surface area contributed by atoms with Gasteiger partial charge in [0.1, 0.15) is 24.4 Å². The van der Waals surface area contributed by atoms with Crippen LogP contribution in [0.5, 0.6) is 0 Å². The van der Waals surface area contributed by atoms with E-state index in [9.17, 15) is 24.9 Å². The quantitative estimate of drug-likeness (QED) is 0.268. The number of methoxy groups -OCH3 is 2. The first kappa shape index (κ1) is 32.6. The number of hydrogen-bond acceptors (Lipinski definition) is 13. The standard InChI is InChI=1S/C13H24O7.C10H18O6/c1-7(19-9(3)14)5-18-6-10-8(2)11(15)12(16)13(17-4)20-10;1-5-7(4-11)16-10(14-3)8(13)9(5)15-6(2)12/h7-8,10-13,15-16H,5-6H2,1-4H3;5,7-11,13H,4H2,1-3H3. The number of ether oxygens (including phenoxy) is 7. The molecule has 0 spiro atoms. The molecule has 11 atom stereocenters.